The normalized spacial score (nSPS) is 10.1. The van der Waals surface area contributed by atoms with Crippen LogP contribution in [0, 0.1) is 6.92 Å². The van der Waals surface area contributed by atoms with E-state index in [2.05, 4.69) is 30.4 Å². The molecule has 19 heavy (non-hydrogen) atoms. The largest absolute Gasteiger partial charge is 0.331 e. The van der Waals surface area contributed by atoms with Gasteiger partial charge in [0, 0.05) is 19.8 Å². The van der Waals surface area contributed by atoms with E-state index in [0.717, 1.165) is 16.8 Å². The molecule has 2 aromatic rings. The van der Waals surface area contributed by atoms with Gasteiger partial charge in [0.2, 0.25) is 0 Å². The van der Waals surface area contributed by atoms with E-state index in [1.54, 1.807) is 14.1 Å². The fourth-order valence-electron chi connectivity index (χ4n) is 1.84. The first-order chi connectivity index (χ1) is 9.06. The molecule has 0 saturated carbocycles. The molecule has 0 spiro atoms. The molecule has 0 saturated heterocycles. The van der Waals surface area contributed by atoms with Gasteiger partial charge < -0.3 is 10.2 Å². The molecule has 3 heteroatoms. The summed E-state index contributed by atoms with van der Waals surface area (Å²) in [4.78, 5) is 13.1. The van der Waals surface area contributed by atoms with Crippen LogP contribution in [0.5, 0.6) is 0 Å². The first-order valence-electron chi connectivity index (χ1n) is 6.21. The highest BCUT2D eigenvalue weighted by atomic mass is 16.2. The topological polar surface area (TPSA) is 32.3 Å². The average molecular weight is 254 g/mol. The van der Waals surface area contributed by atoms with Gasteiger partial charge in [0.1, 0.15) is 0 Å². The molecular formula is C16H18N2O. The Bertz CT molecular complexity index is 591. The molecule has 1 N–H and O–H groups in total. The second kappa shape index (κ2) is 5.57. The minimum atomic E-state index is -0.124. The van der Waals surface area contributed by atoms with E-state index in [9.17, 15) is 4.79 Å². The molecule has 0 radical (unpaired) electrons. The smallest absolute Gasteiger partial charge is 0.321 e. The summed E-state index contributed by atoms with van der Waals surface area (Å²) in [5.74, 6) is 0. The van der Waals surface area contributed by atoms with E-state index in [1.807, 2.05) is 30.3 Å². The van der Waals surface area contributed by atoms with Gasteiger partial charge >= 0.3 is 6.03 Å². The van der Waals surface area contributed by atoms with Crippen molar-refractivity contribution in [2.45, 2.75) is 6.92 Å². The second-order valence-corrected chi connectivity index (χ2v) is 4.77. The first kappa shape index (κ1) is 13.1. The Balaban J connectivity index is 2.27. The third-order valence-corrected chi connectivity index (χ3v) is 2.87. The molecule has 0 fully saturated rings. The molecule has 3 nitrogen and oxygen atoms in total. The summed E-state index contributed by atoms with van der Waals surface area (Å²) < 4.78 is 0. The summed E-state index contributed by atoms with van der Waals surface area (Å²) in [7, 11) is 3.44. The summed E-state index contributed by atoms with van der Waals surface area (Å²) in [5.41, 5.74) is 4.28. The summed E-state index contributed by atoms with van der Waals surface area (Å²) in [6, 6.07) is 16.0. The number of urea groups is 1. The molecular weight excluding hydrogens is 236 g/mol. The van der Waals surface area contributed by atoms with Crippen molar-refractivity contribution < 1.29 is 4.79 Å². The maximum atomic E-state index is 11.6. The van der Waals surface area contributed by atoms with Crippen LogP contribution in [-0.2, 0) is 0 Å². The molecule has 0 aliphatic heterocycles. The van der Waals surface area contributed by atoms with Crippen molar-refractivity contribution in [3.8, 4) is 11.1 Å². The Kier molecular flexibility index (Phi) is 3.85. The number of amides is 2. The van der Waals surface area contributed by atoms with Crippen LogP contribution in [0.15, 0.2) is 48.5 Å². The molecule has 0 aromatic heterocycles. The average Bonchev–Trinajstić information content (AvgIpc) is 2.39. The predicted octanol–water partition coefficient (Wildman–Crippen LogP) is 3.76. The predicted molar refractivity (Wildman–Crippen MR) is 79.3 cm³/mol. The third-order valence-electron chi connectivity index (χ3n) is 2.87. The fourth-order valence-corrected chi connectivity index (χ4v) is 1.84. The van der Waals surface area contributed by atoms with E-state index in [-0.39, 0.29) is 6.03 Å². The standard InChI is InChI=1S/C16H18N2O/c1-12-6-4-7-13(10-12)14-8-5-9-15(11-14)17-16(19)18(2)3/h4-11H,1-3H3,(H,17,19). The van der Waals surface area contributed by atoms with Gasteiger partial charge in [-0.3, -0.25) is 0 Å². The number of nitrogens with one attached hydrogen (secondary N) is 1. The maximum Gasteiger partial charge on any atom is 0.321 e. The van der Waals surface area contributed by atoms with Gasteiger partial charge in [-0.05, 0) is 30.2 Å². The lowest BCUT2D eigenvalue weighted by Gasteiger charge is -2.13. The van der Waals surface area contributed by atoms with Gasteiger partial charge in [-0.2, -0.15) is 0 Å². The van der Waals surface area contributed by atoms with Crippen LogP contribution in [0.4, 0.5) is 10.5 Å². The Morgan fingerprint density at radius 3 is 2.26 bits per heavy atom. The van der Waals surface area contributed by atoms with Crippen molar-refractivity contribution in [1.29, 1.82) is 0 Å². The van der Waals surface area contributed by atoms with Crippen molar-refractivity contribution >= 4 is 11.7 Å². The molecule has 98 valence electrons. The SMILES string of the molecule is Cc1cccc(-c2cccc(NC(=O)N(C)C)c2)c1. The first-order valence-corrected chi connectivity index (χ1v) is 6.21. The number of hydrogen-bond acceptors (Lipinski definition) is 1. The highest BCUT2D eigenvalue weighted by Crippen LogP contribution is 2.23. The Labute approximate surface area is 113 Å². The number of nitrogens with zero attached hydrogens (tertiary/aromatic N) is 1. The van der Waals surface area contributed by atoms with Crippen molar-refractivity contribution in [3.05, 3.63) is 54.1 Å². The molecule has 0 aliphatic rings. The Hall–Kier alpha value is -2.29. The van der Waals surface area contributed by atoms with Gasteiger partial charge in [0.25, 0.3) is 0 Å². The maximum absolute atomic E-state index is 11.6. The van der Waals surface area contributed by atoms with Gasteiger partial charge in [0.15, 0.2) is 0 Å². The van der Waals surface area contributed by atoms with Crippen LogP contribution < -0.4 is 5.32 Å². The number of hydrogen-bond donors (Lipinski definition) is 1. The molecule has 0 bridgehead atoms. The molecule has 2 rings (SSSR count). The molecule has 0 heterocycles. The van der Waals surface area contributed by atoms with E-state index in [0.29, 0.717) is 0 Å². The number of anilines is 1. The fraction of sp³-hybridized carbons (Fsp3) is 0.188. The van der Waals surface area contributed by atoms with Gasteiger partial charge in [-0.1, -0.05) is 42.0 Å². The lowest BCUT2D eigenvalue weighted by Crippen LogP contribution is -2.27. The monoisotopic (exact) mass is 254 g/mol. The van der Waals surface area contributed by atoms with Gasteiger partial charge in [-0.15, -0.1) is 0 Å². The summed E-state index contributed by atoms with van der Waals surface area (Å²) in [6.07, 6.45) is 0. The van der Waals surface area contributed by atoms with Crippen LogP contribution >= 0.6 is 0 Å². The third kappa shape index (κ3) is 3.35. The molecule has 0 unspecified atom stereocenters. The molecule has 0 aliphatic carbocycles. The number of carbonyl (C=O) groups is 1. The van der Waals surface area contributed by atoms with Crippen LogP contribution in [0.25, 0.3) is 11.1 Å². The number of aryl methyl sites for hydroxylation is 1. The highest BCUT2D eigenvalue weighted by Gasteiger charge is 2.05. The number of carbonyl (C=O) groups excluding carboxylic acids is 1. The molecule has 2 amide bonds. The zero-order chi connectivity index (χ0) is 13.8. The summed E-state index contributed by atoms with van der Waals surface area (Å²) in [5, 5.41) is 2.85. The minimum absolute atomic E-state index is 0.124. The quantitative estimate of drug-likeness (QED) is 0.869. The minimum Gasteiger partial charge on any atom is -0.331 e. The zero-order valence-electron chi connectivity index (χ0n) is 11.5. The van der Waals surface area contributed by atoms with Crippen LogP contribution in [0.2, 0.25) is 0 Å². The van der Waals surface area contributed by atoms with E-state index in [1.165, 1.54) is 10.5 Å². The Morgan fingerprint density at radius 1 is 1.00 bits per heavy atom. The molecule has 0 atom stereocenters. The number of benzene rings is 2. The summed E-state index contributed by atoms with van der Waals surface area (Å²) in [6.45, 7) is 2.07. The van der Waals surface area contributed by atoms with Crippen molar-refractivity contribution in [1.82, 2.24) is 4.90 Å². The van der Waals surface area contributed by atoms with Crippen LogP contribution in [-0.4, -0.2) is 25.0 Å². The summed E-state index contributed by atoms with van der Waals surface area (Å²) >= 11 is 0. The van der Waals surface area contributed by atoms with Crippen molar-refractivity contribution in [2.24, 2.45) is 0 Å². The van der Waals surface area contributed by atoms with E-state index in [4.69, 9.17) is 0 Å². The lowest BCUT2D eigenvalue weighted by atomic mass is 10.0. The Morgan fingerprint density at radius 2 is 1.63 bits per heavy atom. The van der Waals surface area contributed by atoms with Crippen LogP contribution in [0.1, 0.15) is 5.56 Å². The highest BCUT2D eigenvalue weighted by molar-refractivity contribution is 5.89. The lowest BCUT2D eigenvalue weighted by molar-refractivity contribution is 0.230. The number of rotatable bonds is 2. The second-order valence-electron chi connectivity index (χ2n) is 4.77. The van der Waals surface area contributed by atoms with Crippen LogP contribution in [0.3, 0.4) is 0 Å². The van der Waals surface area contributed by atoms with Crippen molar-refractivity contribution in [3.63, 3.8) is 0 Å². The van der Waals surface area contributed by atoms with Gasteiger partial charge in [0.05, 0.1) is 0 Å². The van der Waals surface area contributed by atoms with Crippen molar-refractivity contribution in [2.75, 3.05) is 19.4 Å². The van der Waals surface area contributed by atoms with E-state index >= 15 is 0 Å². The van der Waals surface area contributed by atoms with Gasteiger partial charge in [-0.25, -0.2) is 4.79 Å². The molecule has 2 aromatic carbocycles. The van der Waals surface area contributed by atoms with E-state index < -0.39 is 0 Å². The zero-order valence-corrected chi connectivity index (χ0v) is 11.5.